The fourth-order valence-electron chi connectivity index (χ4n) is 4.66. The van der Waals surface area contributed by atoms with Gasteiger partial charge in [0.2, 0.25) is 10.0 Å². The molecule has 0 saturated carbocycles. The molecule has 2 heterocycles. The molecule has 0 aliphatic carbocycles. The maximum atomic E-state index is 13.9. The summed E-state index contributed by atoms with van der Waals surface area (Å²) >= 11 is 1.70. The Morgan fingerprint density at radius 1 is 1.11 bits per heavy atom. The molecule has 2 atom stereocenters. The number of methoxy groups -OCH3 is 1. The van der Waals surface area contributed by atoms with Crippen molar-refractivity contribution >= 4 is 44.3 Å². The number of nitrogen functional groups attached to an aromatic ring is 1. The largest absolute Gasteiger partial charge is 0.497 e. The maximum Gasteiger partial charge on any atom is 0.273 e. The van der Waals surface area contributed by atoms with Crippen molar-refractivity contribution in [3.63, 3.8) is 0 Å². The van der Waals surface area contributed by atoms with Crippen LogP contribution in [0.5, 0.6) is 5.75 Å². The molecular formula is C26H28N6O4S2. The first-order chi connectivity index (χ1) is 18.3. The van der Waals surface area contributed by atoms with Crippen LogP contribution in [-0.2, 0) is 22.3 Å². The number of carbonyl (C=O) groups excluding carboxylic acids is 1. The fraction of sp³-hybridized carbons (Fsp3) is 0.269. The second-order valence-corrected chi connectivity index (χ2v) is 12.3. The Bertz CT molecular complexity index is 1570. The molecule has 4 N–H and O–H groups in total. The summed E-state index contributed by atoms with van der Waals surface area (Å²) in [5.41, 5.74) is 12.4. The van der Waals surface area contributed by atoms with Gasteiger partial charge >= 0.3 is 0 Å². The molecule has 38 heavy (non-hydrogen) atoms. The lowest BCUT2D eigenvalue weighted by atomic mass is 10.1. The summed E-state index contributed by atoms with van der Waals surface area (Å²) in [5, 5.41) is 9.59. The molecule has 5 rings (SSSR count). The lowest BCUT2D eigenvalue weighted by Gasteiger charge is -2.24. The van der Waals surface area contributed by atoms with E-state index in [1.165, 1.54) is 8.99 Å². The second-order valence-electron chi connectivity index (χ2n) is 9.12. The van der Waals surface area contributed by atoms with Gasteiger partial charge in [0.05, 0.1) is 18.6 Å². The zero-order chi connectivity index (χ0) is 26.9. The van der Waals surface area contributed by atoms with E-state index in [2.05, 4.69) is 10.3 Å². The zero-order valence-corrected chi connectivity index (χ0v) is 22.4. The van der Waals surface area contributed by atoms with Gasteiger partial charge in [-0.05, 0) is 47.0 Å². The van der Waals surface area contributed by atoms with Crippen molar-refractivity contribution in [2.45, 2.75) is 34.9 Å². The number of amides is 1. The summed E-state index contributed by atoms with van der Waals surface area (Å²) in [5.74, 6) is 0.749. The molecule has 0 bridgehead atoms. The molecule has 12 heteroatoms. The molecule has 1 saturated heterocycles. The number of benzene rings is 3. The number of nitrogens with zero attached hydrogens (tertiary/aromatic N) is 4. The van der Waals surface area contributed by atoms with Crippen LogP contribution >= 0.6 is 11.8 Å². The van der Waals surface area contributed by atoms with Crippen LogP contribution in [0.2, 0.25) is 0 Å². The molecule has 1 fully saturated rings. The Labute approximate surface area is 225 Å². The molecule has 1 aliphatic rings. The van der Waals surface area contributed by atoms with Crippen molar-refractivity contribution in [3.8, 4) is 5.75 Å². The molecule has 0 radical (unpaired) electrons. The zero-order valence-electron chi connectivity index (χ0n) is 20.7. The topological polar surface area (TPSA) is 146 Å². The van der Waals surface area contributed by atoms with Gasteiger partial charge in [-0.1, -0.05) is 47.7 Å². The minimum Gasteiger partial charge on any atom is -0.497 e. The highest BCUT2D eigenvalue weighted by Crippen LogP contribution is 2.35. The van der Waals surface area contributed by atoms with E-state index in [9.17, 15) is 13.2 Å². The van der Waals surface area contributed by atoms with Gasteiger partial charge in [-0.2, -0.15) is 16.1 Å². The summed E-state index contributed by atoms with van der Waals surface area (Å²) in [4.78, 5) is 11.8. The van der Waals surface area contributed by atoms with Gasteiger partial charge in [0.1, 0.15) is 5.75 Å². The van der Waals surface area contributed by atoms with Crippen molar-refractivity contribution in [3.05, 3.63) is 78.0 Å². The van der Waals surface area contributed by atoms with E-state index in [0.717, 1.165) is 27.8 Å². The van der Waals surface area contributed by atoms with E-state index in [0.29, 0.717) is 13.0 Å². The molecular weight excluding hydrogens is 524 g/mol. The van der Waals surface area contributed by atoms with Gasteiger partial charge in [0.25, 0.3) is 5.91 Å². The van der Waals surface area contributed by atoms with Crippen molar-refractivity contribution in [1.82, 2.24) is 19.3 Å². The van der Waals surface area contributed by atoms with Crippen molar-refractivity contribution in [1.29, 1.82) is 0 Å². The Hall–Kier alpha value is -3.61. The monoisotopic (exact) mass is 552 g/mol. The Kier molecular flexibility index (Phi) is 7.28. The summed E-state index contributed by atoms with van der Waals surface area (Å²) < 4.78 is 35.9. The normalized spacial score (nSPS) is 18.1. The van der Waals surface area contributed by atoms with E-state index in [-0.39, 0.29) is 28.2 Å². The molecule has 4 aromatic rings. The number of sulfonamides is 1. The van der Waals surface area contributed by atoms with E-state index in [1.807, 2.05) is 54.6 Å². The Morgan fingerprint density at radius 2 is 1.84 bits per heavy atom. The molecule has 198 valence electrons. The predicted octanol–water partition coefficient (Wildman–Crippen LogP) is 2.89. The number of ether oxygens (including phenoxy) is 1. The number of hydrogen-bond acceptors (Lipinski definition) is 8. The fourth-order valence-corrected chi connectivity index (χ4v) is 7.70. The predicted molar refractivity (Wildman–Crippen MR) is 147 cm³/mol. The average molecular weight is 553 g/mol. The van der Waals surface area contributed by atoms with E-state index < -0.39 is 22.0 Å². The molecule has 3 aromatic carbocycles. The van der Waals surface area contributed by atoms with Crippen LogP contribution in [0, 0.1) is 0 Å². The highest BCUT2D eigenvalue weighted by molar-refractivity contribution is 7.99. The lowest BCUT2D eigenvalue weighted by Crippen LogP contribution is -2.38. The van der Waals surface area contributed by atoms with Crippen LogP contribution in [0.25, 0.3) is 10.8 Å². The summed E-state index contributed by atoms with van der Waals surface area (Å²) in [7, 11) is -2.21. The van der Waals surface area contributed by atoms with E-state index >= 15 is 0 Å². The van der Waals surface area contributed by atoms with Crippen LogP contribution in [-0.4, -0.2) is 58.6 Å². The smallest absolute Gasteiger partial charge is 0.273 e. The number of thioether (sulfide) groups is 1. The van der Waals surface area contributed by atoms with Crippen molar-refractivity contribution in [2.75, 3.05) is 19.4 Å². The molecule has 10 nitrogen and oxygen atoms in total. The quantitative estimate of drug-likeness (QED) is 0.322. The third-order valence-corrected chi connectivity index (χ3v) is 9.92. The highest BCUT2D eigenvalue weighted by atomic mass is 32.2. The molecule has 2 unspecified atom stereocenters. The molecule has 1 amide bonds. The number of hydrogen-bond donors (Lipinski definition) is 2. The van der Waals surface area contributed by atoms with E-state index in [4.69, 9.17) is 16.2 Å². The number of aromatic nitrogens is 3. The maximum absolute atomic E-state index is 13.9. The number of rotatable bonds is 9. The molecule has 1 aliphatic heterocycles. The van der Waals surface area contributed by atoms with Crippen LogP contribution in [0.15, 0.2) is 71.6 Å². The van der Waals surface area contributed by atoms with Crippen LogP contribution < -0.4 is 16.2 Å². The highest BCUT2D eigenvalue weighted by Gasteiger charge is 2.41. The summed E-state index contributed by atoms with van der Waals surface area (Å²) in [6.45, 7) is 0.483. The summed E-state index contributed by atoms with van der Waals surface area (Å²) in [6.07, 6.45) is 0.582. The minimum absolute atomic E-state index is 0.0230. The SMILES string of the molecule is COc1ccc(CSC2CC(Cn3nnc(C(N)=O)c3N)N(S(=O)(=O)c3ccc4ccccc4c3)C2)cc1. The number of fused-ring (bicyclic) bond motifs is 1. The van der Waals surface area contributed by atoms with Gasteiger partial charge in [-0.3, -0.25) is 4.79 Å². The van der Waals surface area contributed by atoms with Crippen LogP contribution in [0.4, 0.5) is 5.82 Å². The van der Waals surface area contributed by atoms with E-state index in [1.54, 1.807) is 31.0 Å². The third kappa shape index (κ3) is 5.19. The number of primary amides is 1. The number of anilines is 1. The van der Waals surface area contributed by atoms with Gasteiger partial charge in [-0.15, -0.1) is 5.10 Å². The van der Waals surface area contributed by atoms with Gasteiger partial charge in [-0.25, -0.2) is 13.1 Å². The third-order valence-electron chi connectivity index (χ3n) is 6.69. The van der Waals surface area contributed by atoms with Crippen molar-refractivity contribution in [2.24, 2.45) is 5.73 Å². The van der Waals surface area contributed by atoms with Crippen molar-refractivity contribution < 1.29 is 17.9 Å². The standard InChI is InChI=1S/C26H28N6O4S2/c1-36-21-9-6-17(7-10-21)16-37-22-13-20(14-31-25(27)24(26(28)33)29-30-31)32(15-22)38(34,35)23-11-8-18-4-2-3-5-19(18)12-23/h2-12,20,22H,13-16,27H2,1H3,(H2,28,33). The Morgan fingerprint density at radius 3 is 2.53 bits per heavy atom. The second kappa shape index (κ2) is 10.6. The molecule has 1 aromatic heterocycles. The first kappa shape index (κ1) is 26.0. The number of carbonyl (C=O) groups is 1. The first-order valence-corrected chi connectivity index (χ1v) is 14.5. The molecule has 0 spiro atoms. The summed E-state index contributed by atoms with van der Waals surface area (Å²) in [6, 6.07) is 20.2. The Balaban J connectivity index is 1.41. The van der Waals surface area contributed by atoms with Gasteiger partial charge in [0, 0.05) is 23.6 Å². The average Bonchev–Trinajstić information content (AvgIpc) is 3.51. The first-order valence-electron chi connectivity index (χ1n) is 12.0. The van der Waals surface area contributed by atoms with Gasteiger partial charge < -0.3 is 16.2 Å². The van der Waals surface area contributed by atoms with Crippen LogP contribution in [0.1, 0.15) is 22.5 Å². The minimum atomic E-state index is -3.84. The van der Waals surface area contributed by atoms with Crippen LogP contribution in [0.3, 0.4) is 0 Å². The van der Waals surface area contributed by atoms with Gasteiger partial charge in [0.15, 0.2) is 11.5 Å². The lowest BCUT2D eigenvalue weighted by molar-refractivity contribution is 0.0996. The number of nitrogens with two attached hydrogens (primary N) is 2.